The Labute approximate surface area is 151 Å². The summed E-state index contributed by atoms with van der Waals surface area (Å²) >= 11 is 6.14. The lowest BCUT2D eigenvalue weighted by Gasteiger charge is -2.18. The molecule has 0 saturated heterocycles. The Bertz CT molecular complexity index is 807. The smallest absolute Gasteiger partial charge is 0.337 e. The zero-order valence-electron chi connectivity index (χ0n) is 13.9. The van der Waals surface area contributed by atoms with Crippen LogP contribution in [0.1, 0.15) is 22.3 Å². The molecule has 1 heterocycles. The molecule has 0 aliphatic carbocycles. The van der Waals surface area contributed by atoms with E-state index in [1.165, 1.54) is 12.7 Å². The molecule has 1 aliphatic rings. The number of esters is 1. The first-order valence-electron chi connectivity index (χ1n) is 8.10. The Hall–Kier alpha value is -2.53. The third kappa shape index (κ3) is 3.77. The topological polar surface area (TPSA) is 58.6 Å². The van der Waals surface area contributed by atoms with Crippen LogP contribution in [0.5, 0.6) is 0 Å². The molecule has 2 aromatic carbocycles. The van der Waals surface area contributed by atoms with Crippen LogP contribution in [0.3, 0.4) is 0 Å². The van der Waals surface area contributed by atoms with Gasteiger partial charge in [0.15, 0.2) is 0 Å². The van der Waals surface area contributed by atoms with E-state index in [-0.39, 0.29) is 5.91 Å². The standard InChI is InChI=1S/C19H19ClN2O3/c1-25-19(24)14-6-7-15(20)16(12-14)21-10-8-18(23)22-11-9-13-4-2-3-5-17(13)22/h2-7,12,21H,8-11H2,1H3. The average molecular weight is 359 g/mol. The van der Waals surface area contributed by atoms with Gasteiger partial charge in [0.25, 0.3) is 0 Å². The van der Waals surface area contributed by atoms with Crippen molar-refractivity contribution < 1.29 is 14.3 Å². The number of anilines is 2. The Morgan fingerprint density at radius 1 is 1.24 bits per heavy atom. The number of benzene rings is 2. The number of carbonyl (C=O) groups is 2. The second-order valence-electron chi connectivity index (χ2n) is 5.79. The highest BCUT2D eigenvalue weighted by Gasteiger charge is 2.23. The van der Waals surface area contributed by atoms with Gasteiger partial charge in [-0.3, -0.25) is 4.79 Å². The minimum Gasteiger partial charge on any atom is -0.465 e. The van der Waals surface area contributed by atoms with Crippen molar-refractivity contribution in [3.63, 3.8) is 0 Å². The highest BCUT2D eigenvalue weighted by molar-refractivity contribution is 6.33. The fraction of sp³-hybridized carbons (Fsp3) is 0.263. The molecule has 3 rings (SSSR count). The number of para-hydroxylation sites is 1. The number of hydrogen-bond acceptors (Lipinski definition) is 4. The molecule has 25 heavy (non-hydrogen) atoms. The van der Waals surface area contributed by atoms with E-state index in [4.69, 9.17) is 16.3 Å². The van der Waals surface area contributed by atoms with E-state index in [9.17, 15) is 9.59 Å². The number of amides is 1. The minimum atomic E-state index is -0.426. The zero-order chi connectivity index (χ0) is 17.8. The maximum Gasteiger partial charge on any atom is 0.337 e. The maximum absolute atomic E-state index is 12.5. The molecule has 0 atom stereocenters. The number of hydrogen-bond donors (Lipinski definition) is 1. The van der Waals surface area contributed by atoms with E-state index in [0.29, 0.717) is 29.2 Å². The first-order valence-corrected chi connectivity index (χ1v) is 8.48. The molecule has 6 heteroatoms. The summed E-state index contributed by atoms with van der Waals surface area (Å²) in [6.45, 7) is 1.15. The van der Waals surface area contributed by atoms with Gasteiger partial charge in [-0.25, -0.2) is 4.79 Å². The van der Waals surface area contributed by atoms with Gasteiger partial charge in [-0.15, -0.1) is 0 Å². The minimum absolute atomic E-state index is 0.0673. The van der Waals surface area contributed by atoms with E-state index in [2.05, 4.69) is 11.4 Å². The Kier molecular flexibility index (Phi) is 5.24. The second-order valence-corrected chi connectivity index (χ2v) is 6.19. The van der Waals surface area contributed by atoms with E-state index >= 15 is 0 Å². The van der Waals surface area contributed by atoms with E-state index < -0.39 is 5.97 Å². The number of carbonyl (C=O) groups excluding carboxylic acids is 2. The van der Waals surface area contributed by atoms with Crippen molar-refractivity contribution in [2.24, 2.45) is 0 Å². The molecule has 0 bridgehead atoms. The monoisotopic (exact) mass is 358 g/mol. The van der Waals surface area contributed by atoms with Crippen molar-refractivity contribution in [1.29, 1.82) is 0 Å². The van der Waals surface area contributed by atoms with E-state index in [0.717, 1.165) is 18.7 Å². The summed E-state index contributed by atoms with van der Waals surface area (Å²) in [6.07, 6.45) is 1.23. The van der Waals surface area contributed by atoms with Crippen LogP contribution in [0, 0.1) is 0 Å². The Morgan fingerprint density at radius 2 is 2.04 bits per heavy atom. The van der Waals surface area contributed by atoms with Crippen LogP contribution >= 0.6 is 11.6 Å². The van der Waals surface area contributed by atoms with Gasteiger partial charge >= 0.3 is 5.97 Å². The SMILES string of the molecule is COC(=O)c1ccc(Cl)c(NCCC(=O)N2CCc3ccccc32)c1. The summed E-state index contributed by atoms with van der Waals surface area (Å²) in [5, 5.41) is 3.62. The summed E-state index contributed by atoms with van der Waals surface area (Å²) < 4.78 is 4.70. The number of rotatable bonds is 5. The second kappa shape index (κ2) is 7.57. The molecule has 1 aliphatic heterocycles. The molecule has 130 valence electrons. The molecule has 0 radical (unpaired) electrons. The average Bonchev–Trinajstić information content (AvgIpc) is 3.06. The molecular weight excluding hydrogens is 340 g/mol. The summed E-state index contributed by atoms with van der Waals surface area (Å²) in [6, 6.07) is 12.8. The lowest BCUT2D eigenvalue weighted by atomic mass is 10.2. The van der Waals surface area contributed by atoms with Crippen molar-refractivity contribution in [2.75, 3.05) is 30.4 Å². The van der Waals surface area contributed by atoms with Gasteiger partial charge in [-0.2, -0.15) is 0 Å². The van der Waals surface area contributed by atoms with Gasteiger partial charge in [0, 0.05) is 25.2 Å². The van der Waals surface area contributed by atoms with Gasteiger partial charge in [0.05, 0.1) is 23.4 Å². The summed E-state index contributed by atoms with van der Waals surface area (Å²) in [4.78, 5) is 25.9. The number of nitrogens with one attached hydrogen (secondary N) is 1. The highest BCUT2D eigenvalue weighted by Crippen LogP contribution is 2.28. The normalized spacial score (nSPS) is 12.6. The van der Waals surface area contributed by atoms with Gasteiger partial charge in [-0.1, -0.05) is 29.8 Å². The summed E-state index contributed by atoms with van der Waals surface area (Å²) in [5.41, 5.74) is 3.23. The van der Waals surface area contributed by atoms with Crippen LogP contribution in [0.25, 0.3) is 0 Å². The Morgan fingerprint density at radius 3 is 2.84 bits per heavy atom. The van der Waals surface area contributed by atoms with Crippen LogP contribution in [0.15, 0.2) is 42.5 Å². The predicted octanol–water partition coefficient (Wildman–Crippen LogP) is 3.52. The first-order chi connectivity index (χ1) is 12.1. The fourth-order valence-electron chi connectivity index (χ4n) is 2.94. The van der Waals surface area contributed by atoms with Crippen molar-refractivity contribution in [3.8, 4) is 0 Å². The lowest BCUT2D eigenvalue weighted by molar-refractivity contribution is -0.118. The fourth-order valence-corrected chi connectivity index (χ4v) is 3.13. The van der Waals surface area contributed by atoms with Gasteiger partial charge < -0.3 is 15.0 Å². The van der Waals surface area contributed by atoms with Gasteiger partial charge in [0.2, 0.25) is 5.91 Å². The molecular formula is C19H19ClN2O3. The molecule has 5 nitrogen and oxygen atoms in total. The Balaban J connectivity index is 1.60. The molecule has 0 saturated carbocycles. The highest BCUT2D eigenvalue weighted by atomic mass is 35.5. The molecule has 0 spiro atoms. The van der Waals surface area contributed by atoms with Crippen molar-refractivity contribution >= 4 is 34.9 Å². The van der Waals surface area contributed by atoms with E-state index in [1.54, 1.807) is 18.2 Å². The van der Waals surface area contributed by atoms with Gasteiger partial charge in [0.1, 0.15) is 0 Å². The zero-order valence-corrected chi connectivity index (χ0v) is 14.7. The third-order valence-corrected chi connectivity index (χ3v) is 4.56. The van der Waals surface area contributed by atoms with Crippen LogP contribution in [0.2, 0.25) is 5.02 Å². The molecule has 1 N–H and O–H groups in total. The van der Waals surface area contributed by atoms with Crippen LogP contribution in [0.4, 0.5) is 11.4 Å². The summed E-state index contributed by atoms with van der Waals surface area (Å²) in [5.74, 6) is -0.359. The van der Waals surface area contributed by atoms with Crippen molar-refractivity contribution in [1.82, 2.24) is 0 Å². The number of fused-ring (bicyclic) bond motifs is 1. The number of methoxy groups -OCH3 is 1. The summed E-state index contributed by atoms with van der Waals surface area (Å²) in [7, 11) is 1.33. The number of ether oxygens (including phenoxy) is 1. The van der Waals surface area contributed by atoms with Crippen LogP contribution < -0.4 is 10.2 Å². The van der Waals surface area contributed by atoms with Crippen molar-refractivity contribution in [3.05, 3.63) is 58.6 Å². The maximum atomic E-state index is 12.5. The molecule has 0 fully saturated rings. The largest absolute Gasteiger partial charge is 0.465 e. The van der Waals surface area contributed by atoms with Crippen LogP contribution in [-0.2, 0) is 16.0 Å². The number of halogens is 1. The number of nitrogens with zero attached hydrogens (tertiary/aromatic N) is 1. The molecule has 2 aromatic rings. The third-order valence-electron chi connectivity index (χ3n) is 4.23. The molecule has 0 aromatic heterocycles. The first kappa shape index (κ1) is 17.3. The van der Waals surface area contributed by atoms with Gasteiger partial charge in [-0.05, 0) is 36.2 Å². The lowest BCUT2D eigenvalue weighted by Crippen LogP contribution is -2.30. The quantitative estimate of drug-likeness (QED) is 0.831. The van der Waals surface area contributed by atoms with Crippen LogP contribution in [-0.4, -0.2) is 32.1 Å². The molecule has 1 amide bonds. The van der Waals surface area contributed by atoms with Crippen molar-refractivity contribution in [2.45, 2.75) is 12.8 Å². The van der Waals surface area contributed by atoms with E-state index in [1.807, 2.05) is 23.1 Å². The predicted molar refractivity (Wildman–Crippen MR) is 98.4 cm³/mol. The molecule has 0 unspecified atom stereocenters.